The summed E-state index contributed by atoms with van der Waals surface area (Å²) >= 11 is 5.66. The van der Waals surface area contributed by atoms with Crippen molar-refractivity contribution in [3.05, 3.63) is 69.3 Å². The normalized spacial score (nSPS) is 11.8. The molecular weight excluding hydrogens is 491 g/mol. The van der Waals surface area contributed by atoms with Gasteiger partial charge in [-0.15, -0.1) is 0 Å². The fourth-order valence-electron chi connectivity index (χ4n) is 3.78. The highest BCUT2D eigenvalue weighted by molar-refractivity contribution is 7.80. The molecule has 0 saturated carbocycles. The number of hydrogen-bond acceptors (Lipinski definition) is 5. The molecule has 0 aliphatic rings. The van der Waals surface area contributed by atoms with Crippen LogP contribution in [0.5, 0.6) is 0 Å². The van der Waals surface area contributed by atoms with Crippen molar-refractivity contribution >= 4 is 40.6 Å². The summed E-state index contributed by atoms with van der Waals surface area (Å²) in [6.07, 6.45) is -2.00. The molecule has 188 valence electrons. The lowest BCUT2D eigenvalue weighted by atomic mass is 10.0. The Morgan fingerprint density at radius 2 is 1.89 bits per heavy atom. The number of aryl methyl sites for hydroxylation is 2. The summed E-state index contributed by atoms with van der Waals surface area (Å²) in [6, 6.07) is 7.94. The molecule has 0 bridgehead atoms. The average molecular weight is 516 g/mol. The second kappa shape index (κ2) is 9.70. The first-order valence-corrected chi connectivity index (χ1v) is 11.3. The van der Waals surface area contributed by atoms with E-state index in [0.717, 1.165) is 12.1 Å². The lowest BCUT2D eigenvalue weighted by Crippen LogP contribution is -2.54. The fraction of sp³-hybridized carbons (Fsp3) is 0.320. The van der Waals surface area contributed by atoms with Crippen molar-refractivity contribution in [3.8, 4) is 6.07 Å². The Morgan fingerprint density at radius 1 is 1.22 bits per heavy atom. The Labute approximate surface area is 211 Å². The van der Waals surface area contributed by atoms with Crippen LogP contribution >= 0.6 is 12.2 Å². The van der Waals surface area contributed by atoms with Gasteiger partial charge in [0, 0.05) is 30.7 Å². The number of nitrogens with zero attached hydrogens (tertiary/aromatic N) is 5. The largest absolute Gasteiger partial charge is 0.417 e. The van der Waals surface area contributed by atoms with E-state index in [9.17, 15) is 22.8 Å². The molecule has 0 saturated heterocycles. The maximum Gasteiger partial charge on any atom is 0.417 e. The zero-order chi connectivity index (χ0) is 27.0. The maximum absolute atomic E-state index is 13.5. The van der Waals surface area contributed by atoms with Crippen LogP contribution in [0.4, 0.5) is 24.5 Å². The van der Waals surface area contributed by atoms with Gasteiger partial charge < -0.3 is 14.6 Å². The number of rotatable bonds is 5. The maximum atomic E-state index is 13.5. The van der Waals surface area contributed by atoms with Crippen LogP contribution in [0.25, 0.3) is 5.65 Å². The van der Waals surface area contributed by atoms with E-state index in [-0.39, 0.29) is 16.4 Å². The Balaban J connectivity index is 2.18. The van der Waals surface area contributed by atoms with Crippen LogP contribution in [0.15, 0.2) is 41.3 Å². The standard InChI is InChI=1S/C25H24F3N5O2S/c1-6-17-10-21(35)32-13-19(9-15(2)22(32)30-17)33(24(3,4)14-34)23(36)31(5)18-8-7-16(12-29)20(11-18)25(26,27)28/h7-11,13-14H,6H2,1-5H3. The van der Waals surface area contributed by atoms with Gasteiger partial charge in [0.1, 0.15) is 11.9 Å². The molecule has 0 aliphatic heterocycles. The number of nitriles is 1. The highest BCUT2D eigenvalue weighted by Gasteiger charge is 2.36. The van der Waals surface area contributed by atoms with Gasteiger partial charge in [-0.05, 0) is 69.2 Å². The number of alkyl halides is 3. The van der Waals surface area contributed by atoms with Crippen LogP contribution in [-0.4, -0.2) is 33.4 Å². The molecule has 2 heterocycles. The Kier molecular flexibility index (Phi) is 7.22. The van der Waals surface area contributed by atoms with Crippen molar-refractivity contribution in [2.75, 3.05) is 16.8 Å². The van der Waals surface area contributed by atoms with Crippen molar-refractivity contribution in [3.63, 3.8) is 0 Å². The average Bonchev–Trinajstić information content (AvgIpc) is 2.82. The van der Waals surface area contributed by atoms with E-state index >= 15 is 0 Å². The van der Waals surface area contributed by atoms with Crippen molar-refractivity contribution < 1.29 is 18.0 Å². The molecule has 7 nitrogen and oxygen atoms in total. The lowest BCUT2D eigenvalue weighted by molar-refractivity contribution is -0.137. The highest BCUT2D eigenvalue weighted by atomic mass is 32.1. The predicted molar refractivity (Wildman–Crippen MR) is 135 cm³/mol. The van der Waals surface area contributed by atoms with Crippen molar-refractivity contribution in [2.45, 2.75) is 45.8 Å². The number of aldehydes is 1. The number of pyridine rings is 1. The zero-order valence-electron chi connectivity index (χ0n) is 20.3. The van der Waals surface area contributed by atoms with E-state index in [2.05, 4.69) is 4.98 Å². The van der Waals surface area contributed by atoms with E-state index in [1.165, 1.54) is 39.6 Å². The molecule has 11 heteroatoms. The number of aromatic nitrogens is 2. The molecule has 1 aromatic carbocycles. The second-order valence-corrected chi connectivity index (χ2v) is 9.17. The van der Waals surface area contributed by atoms with Gasteiger partial charge in [-0.3, -0.25) is 9.20 Å². The summed E-state index contributed by atoms with van der Waals surface area (Å²) in [7, 11) is 1.47. The number of carbonyl (C=O) groups excluding carboxylic acids is 1. The minimum Gasteiger partial charge on any atom is -0.322 e. The van der Waals surface area contributed by atoms with E-state index in [0.29, 0.717) is 35.3 Å². The number of thiocarbonyl (C=S) groups is 1. The predicted octanol–water partition coefficient (Wildman–Crippen LogP) is 4.66. The first-order chi connectivity index (χ1) is 16.7. The summed E-state index contributed by atoms with van der Waals surface area (Å²) in [6.45, 7) is 6.85. The summed E-state index contributed by atoms with van der Waals surface area (Å²) in [5.41, 5.74) is -0.963. The minimum atomic E-state index is -4.74. The van der Waals surface area contributed by atoms with Gasteiger partial charge >= 0.3 is 6.18 Å². The molecule has 3 aromatic rings. The van der Waals surface area contributed by atoms with Crippen LogP contribution in [0.2, 0.25) is 0 Å². The Bertz CT molecular complexity index is 1460. The van der Waals surface area contributed by atoms with Crippen molar-refractivity contribution in [2.24, 2.45) is 0 Å². The van der Waals surface area contributed by atoms with Gasteiger partial charge in [-0.25, -0.2) is 4.98 Å². The Hall–Kier alpha value is -3.78. The summed E-state index contributed by atoms with van der Waals surface area (Å²) < 4.78 is 42.0. The molecule has 3 rings (SSSR count). The summed E-state index contributed by atoms with van der Waals surface area (Å²) in [5.74, 6) is 0. The first-order valence-electron chi connectivity index (χ1n) is 10.9. The Morgan fingerprint density at radius 3 is 2.44 bits per heavy atom. The number of halogens is 3. The molecule has 0 spiro atoms. The van der Waals surface area contributed by atoms with Gasteiger partial charge in [0.15, 0.2) is 5.11 Å². The van der Waals surface area contributed by atoms with Gasteiger partial charge in [0.2, 0.25) is 0 Å². The second-order valence-electron chi connectivity index (χ2n) is 8.80. The number of benzene rings is 1. The number of fused-ring (bicyclic) bond motifs is 1. The molecule has 0 fully saturated rings. The molecule has 0 aliphatic carbocycles. The third-order valence-electron chi connectivity index (χ3n) is 5.76. The van der Waals surface area contributed by atoms with Gasteiger partial charge in [0.25, 0.3) is 5.56 Å². The number of anilines is 2. The molecule has 0 unspecified atom stereocenters. The SMILES string of the molecule is CCc1cc(=O)n2cc(N(C(=S)N(C)c3ccc(C#N)c(C(F)(F)F)c3)C(C)(C)C=O)cc(C)c2n1. The van der Waals surface area contributed by atoms with Gasteiger partial charge in [-0.2, -0.15) is 18.4 Å². The molecule has 36 heavy (non-hydrogen) atoms. The van der Waals surface area contributed by atoms with Gasteiger partial charge in [0.05, 0.1) is 28.4 Å². The van der Waals surface area contributed by atoms with Crippen molar-refractivity contribution in [1.82, 2.24) is 9.38 Å². The van der Waals surface area contributed by atoms with E-state index in [1.54, 1.807) is 32.9 Å². The molecular formula is C25H24F3N5O2S. The quantitative estimate of drug-likeness (QED) is 0.361. The third kappa shape index (κ3) is 4.95. The molecule has 0 atom stereocenters. The number of carbonyl (C=O) groups is 1. The highest BCUT2D eigenvalue weighted by Crippen LogP contribution is 2.35. The molecule has 0 amide bonds. The molecule has 0 radical (unpaired) electrons. The molecule has 2 aromatic heterocycles. The minimum absolute atomic E-state index is 0.00914. The van der Waals surface area contributed by atoms with Crippen LogP contribution in [0.3, 0.4) is 0 Å². The van der Waals surface area contributed by atoms with Crippen molar-refractivity contribution in [1.29, 1.82) is 5.26 Å². The summed E-state index contributed by atoms with van der Waals surface area (Å²) in [5, 5.41) is 9.10. The van der Waals surface area contributed by atoms with E-state index in [1.807, 2.05) is 6.92 Å². The fourth-order valence-corrected chi connectivity index (χ4v) is 4.22. The zero-order valence-corrected chi connectivity index (χ0v) is 21.2. The van der Waals surface area contributed by atoms with Crippen LogP contribution in [0.1, 0.15) is 43.2 Å². The monoisotopic (exact) mass is 515 g/mol. The van der Waals surface area contributed by atoms with Crippen LogP contribution in [-0.2, 0) is 17.4 Å². The summed E-state index contributed by atoms with van der Waals surface area (Å²) in [4.78, 5) is 32.2. The van der Waals surface area contributed by atoms with E-state index in [4.69, 9.17) is 17.5 Å². The molecule has 0 N–H and O–H groups in total. The third-order valence-corrected chi connectivity index (χ3v) is 6.22. The lowest BCUT2D eigenvalue weighted by Gasteiger charge is -2.40. The number of hydrogen-bond donors (Lipinski definition) is 0. The smallest absolute Gasteiger partial charge is 0.322 e. The van der Waals surface area contributed by atoms with Crippen LogP contribution in [0, 0.1) is 18.3 Å². The van der Waals surface area contributed by atoms with Crippen LogP contribution < -0.4 is 15.4 Å². The topological polar surface area (TPSA) is 81.7 Å². The van der Waals surface area contributed by atoms with E-state index < -0.39 is 22.8 Å². The first kappa shape index (κ1) is 26.8. The van der Waals surface area contributed by atoms with Gasteiger partial charge in [-0.1, -0.05) is 6.92 Å².